The molecule has 0 aliphatic rings. The van der Waals surface area contributed by atoms with Crippen LogP contribution in [0.2, 0.25) is 0 Å². The maximum atomic E-state index is 13.1. The highest BCUT2D eigenvalue weighted by atomic mass is 32.2. The maximum absolute atomic E-state index is 13.1. The lowest BCUT2D eigenvalue weighted by atomic mass is 10.1. The number of carbonyl (C=O) groups is 1. The molecule has 2 aromatic carbocycles. The van der Waals surface area contributed by atoms with Crippen molar-refractivity contribution in [3.05, 3.63) is 47.7 Å². The van der Waals surface area contributed by atoms with E-state index < -0.39 is 15.9 Å². The van der Waals surface area contributed by atoms with Crippen LogP contribution in [0.25, 0.3) is 11.0 Å². The third-order valence-electron chi connectivity index (χ3n) is 5.19. The van der Waals surface area contributed by atoms with Gasteiger partial charge in [0.2, 0.25) is 10.0 Å². The highest BCUT2D eigenvalue weighted by Crippen LogP contribution is 2.32. The molecule has 9 heteroatoms. The molecule has 0 radical (unpaired) electrons. The van der Waals surface area contributed by atoms with Gasteiger partial charge in [0, 0.05) is 24.0 Å². The summed E-state index contributed by atoms with van der Waals surface area (Å²) in [5.74, 6) is 0.653. The first-order chi connectivity index (χ1) is 15.3. The number of anilines is 1. The van der Waals surface area contributed by atoms with E-state index in [1.807, 2.05) is 6.92 Å². The average Bonchev–Trinajstić information content (AvgIpc) is 3.11. The summed E-state index contributed by atoms with van der Waals surface area (Å²) in [6.45, 7) is 8.18. The quantitative estimate of drug-likeness (QED) is 0.507. The molecule has 0 unspecified atom stereocenters. The molecule has 0 spiro atoms. The third-order valence-corrected chi connectivity index (χ3v) is 7.24. The summed E-state index contributed by atoms with van der Waals surface area (Å²) < 4.78 is 43.9. The number of nitrogens with zero attached hydrogens (tertiary/aromatic N) is 1. The molecule has 0 aliphatic heterocycles. The summed E-state index contributed by atoms with van der Waals surface area (Å²) in [4.78, 5) is 13.1. The molecule has 32 heavy (non-hydrogen) atoms. The number of benzene rings is 2. The van der Waals surface area contributed by atoms with Gasteiger partial charge in [0.1, 0.15) is 17.1 Å². The smallest absolute Gasteiger partial charge is 0.291 e. The minimum Gasteiger partial charge on any atom is -0.497 e. The van der Waals surface area contributed by atoms with Crippen LogP contribution in [0.1, 0.15) is 36.9 Å². The first-order valence-electron chi connectivity index (χ1n) is 10.4. The van der Waals surface area contributed by atoms with Crippen LogP contribution in [0.15, 0.2) is 45.7 Å². The molecule has 1 heterocycles. The molecule has 172 valence electrons. The number of ether oxygens (including phenoxy) is 2. The zero-order valence-corrected chi connectivity index (χ0v) is 19.7. The van der Waals surface area contributed by atoms with Crippen LogP contribution in [0.4, 0.5) is 5.69 Å². The predicted octanol–water partition coefficient (Wildman–Crippen LogP) is 4.43. The fraction of sp³-hybridized carbons (Fsp3) is 0.348. The molecule has 0 aliphatic carbocycles. The van der Waals surface area contributed by atoms with E-state index in [1.165, 1.54) is 16.4 Å². The van der Waals surface area contributed by atoms with Crippen LogP contribution >= 0.6 is 0 Å². The van der Waals surface area contributed by atoms with Crippen molar-refractivity contribution < 1.29 is 27.1 Å². The van der Waals surface area contributed by atoms with Gasteiger partial charge in [0.15, 0.2) is 5.76 Å². The second-order valence-electron chi connectivity index (χ2n) is 7.05. The van der Waals surface area contributed by atoms with E-state index in [1.54, 1.807) is 52.1 Å². The summed E-state index contributed by atoms with van der Waals surface area (Å²) >= 11 is 0. The van der Waals surface area contributed by atoms with Crippen molar-refractivity contribution in [1.29, 1.82) is 0 Å². The monoisotopic (exact) mass is 460 g/mol. The van der Waals surface area contributed by atoms with E-state index in [4.69, 9.17) is 13.9 Å². The van der Waals surface area contributed by atoms with E-state index >= 15 is 0 Å². The maximum Gasteiger partial charge on any atom is 0.291 e. The summed E-state index contributed by atoms with van der Waals surface area (Å²) in [6.07, 6.45) is 0. The van der Waals surface area contributed by atoms with Crippen molar-refractivity contribution in [1.82, 2.24) is 4.31 Å². The molecular formula is C23H28N2O6S. The number of nitrogens with one attached hydrogen (secondary N) is 1. The van der Waals surface area contributed by atoms with Crippen molar-refractivity contribution in [3.63, 3.8) is 0 Å². The van der Waals surface area contributed by atoms with Gasteiger partial charge in [-0.25, -0.2) is 8.42 Å². The number of methoxy groups -OCH3 is 1. The Morgan fingerprint density at radius 1 is 1.09 bits per heavy atom. The molecule has 3 rings (SSSR count). The van der Waals surface area contributed by atoms with Crippen molar-refractivity contribution in [3.8, 4) is 11.5 Å². The van der Waals surface area contributed by atoms with Crippen LogP contribution < -0.4 is 14.8 Å². The van der Waals surface area contributed by atoms with Gasteiger partial charge in [0.05, 0.1) is 24.3 Å². The molecule has 1 amide bonds. The van der Waals surface area contributed by atoms with Crippen LogP contribution in [0.5, 0.6) is 11.5 Å². The van der Waals surface area contributed by atoms with Crippen LogP contribution in [-0.2, 0) is 10.0 Å². The van der Waals surface area contributed by atoms with Gasteiger partial charge < -0.3 is 19.2 Å². The van der Waals surface area contributed by atoms with E-state index in [-0.39, 0.29) is 16.3 Å². The number of amides is 1. The normalized spacial score (nSPS) is 11.7. The average molecular weight is 461 g/mol. The highest BCUT2D eigenvalue weighted by Gasteiger charge is 2.25. The zero-order valence-electron chi connectivity index (χ0n) is 18.9. The number of aryl methyl sites for hydroxylation is 1. The van der Waals surface area contributed by atoms with Gasteiger partial charge in [-0.1, -0.05) is 13.8 Å². The Balaban J connectivity index is 2.01. The molecule has 0 bridgehead atoms. The van der Waals surface area contributed by atoms with Crippen LogP contribution in [0.3, 0.4) is 0 Å². The Hall–Kier alpha value is -3.04. The second-order valence-corrected chi connectivity index (χ2v) is 8.99. The molecule has 3 aromatic rings. The van der Waals surface area contributed by atoms with E-state index in [9.17, 15) is 13.2 Å². The second kappa shape index (κ2) is 9.62. The SMILES string of the molecule is CCOc1ccc(S(=O)(=O)N(CC)CC)cc1NC(=O)c1oc2ccc(OC)cc2c1C. The van der Waals surface area contributed by atoms with Crippen LogP contribution in [0, 0.1) is 6.92 Å². The zero-order chi connectivity index (χ0) is 23.5. The van der Waals surface area contributed by atoms with Crippen molar-refractivity contribution in [2.24, 2.45) is 0 Å². The van der Waals surface area contributed by atoms with E-state index in [0.29, 0.717) is 42.3 Å². The largest absolute Gasteiger partial charge is 0.497 e. The fourth-order valence-corrected chi connectivity index (χ4v) is 4.97. The van der Waals surface area contributed by atoms with E-state index in [2.05, 4.69) is 5.32 Å². The minimum absolute atomic E-state index is 0.0750. The lowest BCUT2D eigenvalue weighted by Crippen LogP contribution is -2.30. The number of carbonyl (C=O) groups excluding carboxylic acids is 1. The lowest BCUT2D eigenvalue weighted by Gasteiger charge is -2.20. The summed E-state index contributed by atoms with van der Waals surface area (Å²) in [7, 11) is -2.13. The number of hydrogen-bond donors (Lipinski definition) is 1. The standard InChI is InChI=1S/C23H28N2O6S/c1-6-25(7-2)32(27,28)17-10-12-21(30-8-3)19(14-17)24-23(26)22-15(4)18-13-16(29-5)9-11-20(18)31-22/h9-14H,6-8H2,1-5H3,(H,24,26). The molecule has 1 N–H and O–H groups in total. The van der Waals surface area contributed by atoms with Gasteiger partial charge in [-0.15, -0.1) is 0 Å². The molecule has 0 saturated carbocycles. The Bertz CT molecular complexity index is 1230. The molecular weight excluding hydrogens is 432 g/mol. The van der Waals surface area contributed by atoms with Gasteiger partial charge in [-0.2, -0.15) is 4.31 Å². The number of sulfonamides is 1. The summed E-state index contributed by atoms with van der Waals surface area (Å²) in [6, 6.07) is 9.73. The Labute approximate surface area is 188 Å². The summed E-state index contributed by atoms with van der Waals surface area (Å²) in [5.41, 5.74) is 1.46. The van der Waals surface area contributed by atoms with Gasteiger partial charge in [0.25, 0.3) is 5.91 Å². The third kappa shape index (κ3) is 4.44. The molecule has 0 saturated heterocycles. The first-order valence-corrected chi connectivity index (χ1v) is 11.9. The topological polar surface area (TPSA) is 98.1 Å². The predicted molar refractivity (Wildman–Crippen MR) is 123 cm³/mol. The number of rotatable bonds is 9. The van der Waals surface area contributed by atoms with Crippen molar-refractivity contribution in [2.75, 3.05) is 32.1 Å². The van der Waals surface area contributed by atoms with E-state index in [0.717, 1.165) is 5.39 Å². The number of furan rings is 1. The van der Waals surface area contributed by atoms with Crippen molar-refractivity contribution >= 4 is 32.6 Å². The number of fused-ring (bicyclic) bond motifs is 1. The number of hydrogen-bond acceptors (Lipinski definition) is 6. The van der Waals surface area contributed by atoms with Gasteiger partial charge >= 0.3 is 0 Å². The molecule has 8 nitrogen and oxygen atoms in total. The minimum atomic E-state index is -3.70. The summed E-state index contributed by atoms with van der Waals surface area (Å²) in [5, 5.41) is 3.52. The molecule has 0 fully saturated rings. The Morgan fingerprint density at radius 2 is 1.81 bits per heavy atom. The Morgan fingerprint density at radius 3 is 2.44 bits per heavy atom. The van der Waals surface area contributed by atoms with Gasteiger partial charge in [-0.05, 0) is 50.2 Å². The highest BCUT2D eigenvalue weighted by molar-refractivity contribution is 7.89. The molecule has 0 atom stereocenters. The van der Waals surface area contributed by atoms with Crippen molar-refractivity contribution in [2.45, 2.75) is 32.6 Å². The molecule has 1 aromatic heterocycles. The van der Waals surface area contributed by atoms with Gasteiger partial charge in [-0.3, -0.25) is 4.79 Å². The van der Waals surface area contributed by atoms with Crippen LogP contribution in [-0.4, -0.2) is 45.4 Å². The lowest BCUT2D eigenvalue weighted by molar-refractivity contribution is 0.0997. The Kier molecular flexibility index (Phi) is 7.10. The fourth-order valence-electron chi connectivity index (χ4n) is 3.48. The first kappa shape index (κ1) is 23.6.